The summed E-state index contributed by atoms with van der Waals surface area (Å²) < 4.78 is 6.77. The molecule has 1 aliphatic rings. The van der Waals surface area contributed by atoms with Gasteiger partial charge >= 0.3 is 0 Å². The quantitative estimate of drug-likeness (QED) is 0.819. The molecular weight excluding hydrogens is 246 g/mol. The second-order valence-electron chi connectivity index (χ2n) is 4.56. The minimum atomic E-state index is -0.322. The van der Waals surface area contributed by atoms with Crippen molar-refractivity contribution in [1.82, 2.24) is 14.9 Å². The Hall–Kier alpha value is -1.69. The lowest BCUT2D eigenvalue weighted by Gasteiger charge is -2.11. The molecule has 19 heavy (non-hydrogen) atoms. The van der Waals surface area contributed by atoms with Gasteiger partial charge in [0.25, 0.3) is 5.56 Å². The normalized spacial score (nSPS) is 18.5. The van der Waals surface area contributed by atoms with E-state index < -0.39 is 0 Å². The molecule has 1 N–H and O–H groups in total. The van der Waals surface area contributed by atoms with Crippen LogP contribution >= 0.6 is 0 Å². The van der Waals surface area contributed by atoms with Crippen molar-refractivity contribution in [1.29, 1.82) is 0 Å². The lowest BCUT2D eigenvalue weighted by atomic mass is 10.2. The first kappa shape index (κ1) is 13.7. The minimum Gasteiger partial charge on any atom is -0.368 e. The summed E-state index contributed by atoms with van der Waals surface area (Å²) in [4.78, 5) is 27.6. The lowest BCUT2D eigenvalue weighted by Crippen LogP contribution is -2.37. The van der Waals surface area contributed by atoms with E-state index in [2.05, 4.69) is 10.3 Å². The first-order valence-corrected chi connectivity index (χ1v) is 6.65. The molecule has 2 heterocycles. The van der Waals surface area contributed by atoms with Gasteiger partial charge in [-0.15, -0.1) is 0 Å². The van der Waals surface area contributed by atoms with Gasteiger partial charge in [-0.3, -0.25) is 14.2 Å². The number of nitrogens with one attached hydrogen (secondary N) is 1. The molecule has 1 amide bonds. The average Bonchev–Trinajstić information content (AvgIpc) is 2.94. The second kappa shape index (κ2) is 6.47. The topological polar surface area (TPSA) is 73.2 Å². The molecule has 1 saturated heterocycles. The van der Waals surface area contributed by atoms with Gasteiger partial charge in [-0.25, -0.2) is 4.98 Å². The van der Waals surface area contributed by atoms with E-state index in [0.717, 1.165) is 25.0 Å². The lowest BCUT2D eigenvalue weighted by molar-refractivity contribution is -0.130. The Kier molecular flexibility index (Phi) is 4.68. The van der Waals surface area contributed by atoms with E-state index in [1.807, 2.05) is 6.92 Å². The van der Waals surface area contributed by atoms with E-state index in [0.29, 0.717) is 19.7 Å². The molecule has 0 aromatic carbocycles. The molecule has 2 rings (SSSR count). The first-order chi connectivity index (χ1) is 9.20. The Bertz CT molecular complexity index is 492. The van der Waals surface area contributed by atoms with E-state index in [1.165, 1.54) is 17.0 Å². The van der Waals surface area contributed by atoms with Gasteiger partial charge in [-0.2, -0.15) is 0 Å². The molecule has 0 radical (unpaired) electrons. The molecule has 104 valence electrons. The van der Waals surface area contributed by atoms with Gasteiger partial charge < -0.3 is 10.1 Å². The summed E-state index contributed by atoms with van der Waals surface area (Å²) in [6, 6.07) is 1.53. The molecule has 6 nitrogen and oxygen atoms in total. The highest BCUT2D eigenvalue weighted by atomic mass is 16.5. The van der Waals surface area contributed by atoms with Crippen LogP contribution in [0.15, 0.2) is 17.2 Å². The Balaban J connectivity index is 1.82. The third-order valence-corrected chi connectivity index (χ3v) is 3.17. The van der Waals surface area contributed by atoms with Crippen LogP contribution in [0.2, 0.25) is 0 Å². The highest BCUT2D eigenvalue weighted by molar-refractivity contribution is 5.80. The smallest absolute Gasteiger partial charge is 0.253 e. The SMILES string of the molecule is CCc1cc(=O)n(CCNC(=O)C2CCCO2)cn1. The summed E-state index contributed by atoms with van der Waals surface area (Å²) in [5.41, 5.74) is 0.697. The number of carbonyl (C=O) groups excluding carboxylic acids is 1. The summed E-state index contributed by atoms with van der Waals surface area (Å²) in [7, 11) is 0. The van der Waals surface area contributed by atoms with Gasteiger partial charge in [-0.05, 0) is 19.3 Å². The molecule has 1 atom stereocenters. The number of hydrogen-bond donors (Lipinski definition) is 1. The number of rotatable bonds is 5. The summed E-state index contributed by atoms with van der Waals surface area (Å²) in [6.45, 7) is 3.44. The van der Waals surface area contributed by atoms with E-state index >= 15 is 0 Å². The van der Waals surface area contributed by atoms with E-state index in [4.69, 9.17) is 4.74 Å². The maximum absolute atomic E-state index is 11.7. The summed E-state index contributed by atoms with van der Waals surface area (Å²) in [5, 5.41) is 2.78. The summed E-state index contributed by atoms with van der Waals surface area (Å²) in [6.07, 6.45) is 3.65. The number of ether oxygens (including phenoxy) is 1. The number of carbonyl (C=O) groups is 1. The third-order valence-electron chi connectivity index (χ3n) is 3.17. The van der Waals surface area contributed by atoms with Crippen LogP contribution in [0.1, 0.15) is 25.5 Å². The van der Waals surface area contributed by atoms with Crippen LogP contribution in [0.3, 0.4) is 0 Å². The van der Waals surface area contributed by atoms with E-state index in [1.54, 1.807) is 0 Å². The number of hydrogen-bond acceptors (Lipinski definition) is 4. The van der Waals surface area contributed by atoms with Crippen molar-refractivity contribution in [2.24, 2.45) is 0 Å². The van der Waals surface area contributed by atoms with Crippen LogP contribution in [0, 0.1) is 0 Å². The minimum absolute atomic E-state index is 0.0850. The van der Waals surface area contributed by atoms with Crippen LogP contribution in [0.4, 0.5) is 0 Å². The fourth-order valence-electron chi connectivity index (χ4n) is 2.02. The molecule has 0 spiro atoms. The molecule has 1 fully saturated rings. The Morgan fingerprint density at radius 2 is 2.47 bits per heavy atom. The molecule has 1 aliphatic heterocycles. The molecule has 6 heteroatoms. The Morgan fingerprint density at radius 1 is 1.63 bits per heavy atom. The highest BCUT2D eigenvalue weighted by Gasteiger charge is 2.22. The zero-order valence-corrected chi connectivity index (χ0v) is 11.1. The fraction of sp³-hybridized carbons (Fsp3) is 0.615. The predicted octanol–water partition coefficient (Wildman–Crippen LogP) is 0.101. The zero-order chi connectivity index (χ0) is 13.7. The monoisotopic (exact) mass is 265 g/mol. The van der Waals surface area contributed by atoms with Crippen molar-refractivity contribution in [2.75, 3.05) is 13.2 Å². The van der Waals surface area contributed by atoms with Crippen molar-refractivity contribution in [2.45, 2.75) is 38.8 Å². The number of aromatic nitrogens is 2. The maximum Gasteiger partial charge on any atom is 0.253 e. The first-order valence-electron chi connectivity index (χ1n) is 6.65. The van der Waals surface area contributed by atoms with Crippen molar-refractivity contribution in [3.05, 3.63) is 28.4 Å². The van der Waals surface area contributed by atoms with E-state index in [-0.39, 0.29) is 17.6 Å². The average molecular weight is 265 g/mol. The summed E-state index contributed by atoms with van der Waals surface area (Å²) in [5.74, 6) is -0.0938. The van der Waals surface area contributed by atoms with Crippen molar-refractivity contribution < 1.29 is 9.53 Å². The van der Waals surface area contributed by atoms with Gasteiger partial charge in [0.05, 0.1) is 6.33 Å². The highest BCUT2D eigenvalue weighted by Crippen LogP contribution is 2.11. The standard InChI is InChI=1S/C13H19N3O3/c1-2-10-8-12(17)16(9-15-10)6-5-14-13(18)11-4-3-7-19-11/h8-9,11H,2-7H2,1H3,(H,14,18). The number of nitrogens with zero attached hydrogens (tertiary/aromatic N) is 2. The third kappa shape index (κ3) is 3.64. The van der Waals surface area contributed by atoms with Crippen molar-refractivity contribution in [3.8, 4) is 0 Å². The summed E-state index contributed by atoms with van der Waals surface area (Å²) >= 11 is 0. The van der Waals surface area contributed by atoms with Gasteiger partial charge in [0.2, 0.25) is 5.91 Å². The predicted molar refractivity (Wildman–Crippen MR) is 69.9 cm³/mol. The van der Waals surface area contributed by atoms with Gasteiger partial charge in [0.15, 0.2) is 0 Å². The van der Waals surface area contributed by atoms with Gasteiger partial charge in [-0.1, -0.05) is 6.92 Å². The number of aryl methyl sites for hydroxylation is 1. The van der Waals surface area contributed by atoms with Gasteiger partial charge in [0, 0.05) is 31.5 Å². The molecule has 1 aromatic heterocycles. The van der Waals surface area contributed by atoms with Crippen LogP contribution in [0.25, 0.3) is 0 Å². The van der Waals surface area contributed by atoms with Crippen molar-refractivity contribution >= 4 is 5.91 Å². The molecule has 0 bridgehead atoms. The Morgan fingerprint density at radius 3 is 3.11 bits per heavy atom. The molecule has 1 aromatic rings. The van der Waals surface area contributed by atoms with Crippen LogP contribution < -0.4 is 10.9 Å². The Labute approximate surface area is 111 Å². The van der Waals surface area contributed by atoms with Gasteiger partial charge in [0.1, 0.15) is 6.10 Å². The fourth-order valence-corrected chi connectivity index (χ4v) is 2.02. The van der Waals surface area contributed by atoms with Crippen LogP contribution in [-0.2, 0) is 22.5 Å². The van der Waals surface area contributed by atoms with Crippen molar-refractivity contribution in [3.63, 3.8) is 0 Å². The second-order valence-corrected chi connectivity index (χ2v) is 4.56. The van der Waals surface area contributed by atoms with E-state index in [9.17, 15) is 9.59 Å². The maximum atomic E-state index is 11.7. The molecule has 0 aliphatic carbocycles. The molecule has 1 unspecified atom stereocenters. The molecular formula is C13H19N3O3. The zero-order valence-electron chi connectivity index (χ0n) is 11.1. The largest absolute Gasteiger partial charge is 0.368 e. The molecule has 0 saturated carbocycles. The van der Waals surface area contributed by atoms with Crippen LogP contribution in [-0.4, -0.2) is 34.7 Å². The number of amides is 1. The van der Waals surface area contributed by atoms with Crippen LogP contribution in [0.5, 0.6) is 0 Å².